The van der Waals surface area contributed by atoms with Gasteiger partial charge in [0.05, 0.1) is 16.7 Å². The highest BCUT2D eigenvalue weighted by Gasteiger charge is 2.25. The van der Waals surface area contributed by atoms with Gasteiger partial charge in [0.25, 0.3) is 5.91 Å². The molecule has 6 nitrogen and oxygen atoms in total. The van der Waals surface area contributed by atoms with Crippen molar-refractivity contribution in [3.63, 3.8) is 0 Å². The highest BCUT2D eigenvalue weighted by molar-refractivity contribution is 5.98. The van der Waals surface area contributed by atoms with Gasteiger partial charge in [-0.05, 0) is 61.9 Å². The Hall–Kier alpha value is -2.60. The fraction of sp³-hybridized carbons (Fsp3) is 0.455. The molecule has 1 aliphatic carbocycles. The van der Waals surface area contributed by atoms with Crippen LogP contribution < -0.4 is 5.73 Å². The maximum absolute atomic E-state index is 12.9. The molecule has 2 N–H and O–H groups in total. The fourth-order valence-corrected chi connectivity index (χ4v) is 4.29. The number of nitrogens with zero attached hydrogens (tertiary/aromatic N) is 4. The molecule has 5 rings (SSSR count). The number of benzene rings is 1. The molecule has 1 saturated carbocycles. The van der Waals surface area contributed by atoms with Crippen LogP contribution in [0.1, 0.15) is 36.0 Å². The quantitative estimate of drug-likeness (QED) is 0.760. The van der Waals surface area contributed by atoms with Gasteiger partial charge in [-0.25, -0.2) is 4.98 Å². The molecular weight excluding hydrogens is 350 g/mol. The van der Waals surface area contributed by atoms with Crippen LogP contribution >= 0.6 is 0 Å². The molecule has 6 heteroatoms. The van der Waals surface area contributed by atoms with Gasteiger partial charge in [0.15, 0.2) is 5.82 Å². The third-order valence-electron chi connectivity index (χ3n) is 6.08. The number of hydrogen-bond acceptors (Lipinski definition) is 3. The molecule has 0 unspecified atom stereocenters. The summed E-state index contributed by atoms with van der Waals surface area (Å²) in [7, 11) is 2.05. The zero-order valence-electron chi connectivity index (χ0n) is 16.3. The van der Waals surface area contributed by atoms with Gasteiger partial charge in [0.1, 0.15) is 0 Å². The third-order valence-corrected chi connectivity index (χ3v) is 6.08. The van der Waals surface area contributed by atoms with Crippen molar-refractivity contribution in [3.8, 4) is 11.5 Å². The molecule has 2 aromatic heterocycles. The van der Waals surface area contributed by atoms with E-state index < -0.39 is 0 Å². The maximum Gasteiger partial charge on any atom is 0.253 e. The van der Waals surface area contributed by atoms with Gasteiger partial charge in [-0.2, -0.15) is 0 Å². The Balaban J connectivity index is 1.48. The molecule has 1 saturated heterocycles. The predicted octanol–water partition coefficient (Wildman–Crippen LogP) is 3.02. The summed E-state index contributed by atoms with van der Waals surface area (Å²) in [6.07, 6.45) is 6.76. The summed E-state index contributed by atoms with van der Waals surface area (Å²) in [6.45, 7) is 2.48. The van der Waals surface area contributed by atoms with Crippen LogP contribution in [-0.2, 0) is 13.6 Å². The standard InChI is InChI=1S/C22H27N5O/c1-25-19-9-8-16(22(28)27-11-2-4-17(23)14-27)12-18(19)24-21(25)20-5-3-10-26(20)13-15-6-7-15/h3,5,8-10,12,15,17H,2,4,6-7,11,13-14,23H2,1H3/t17-/m1/s1. The van der Waals surface area contributed by atoms with E-state index in [9.17, 15) is 4.79 Å². The zero-order valence-corrected chi connectivity index (χ0v) is 16.3. The van der Waals surface area contributed by atoms with E-state index >= 15 is 0 Å². The van der Waals surface area contributed by atoms with E-state index in [0.29, 0.717) is 12.1 Å². The van der Waals surface area contributed by atoms with Crippen LogP contribution in [0.4, 0.5) is 0 Å². The van der Waals surface area contributed by atoms with Crippen molar-refractivity contribution in [1.29, 1.82) is 0 Å². The molecule has 0 radical (unpaired) electrons. The smallest absolute Gasteiger partial charge is 0.253 e. The number of fused-ring (bicyclic) bond motifs is 1. The van der Waals surface area contributed by atoms with E-state index in [2.05, 4.69) is 27.5 Å². The van der Waals surface area contributed by atoms with Crippen LogP contribution in [0.25, 0.3) is 22.6 Å². The number of carbonyl (C=O) groups excluding carboxylic acids is 1. The van der Waals surface area contributed by atoms with Crippen LogP contribution in [0.2, 0.25) is 0 Å². The summed E-state index contributed by atoms with van der Waals surface area (Å²) >= 11 is 0. The highest BCUT2D eigenvalue weighted by atomic mass is 16.2. The normalized spacial score (nSPS) is 20.1. The topological polar surface area (TPSA) is 69.1 Å². The first-order valence-electron chi connectivity index (χ1n) is 10.3. The molecule has 1 amide bonds. The molecule has 1 aromatic carbocycles. The summed E-state index contributed by atoms with van der Waals surface area (Å²) in [4.78, 5) is 19.7. The number of amides is 1. The van der Waals surface area contributed by atoms with Crippen LogP contribution in [0.3, 0.4) is 0 Å². The van der Waals surface area contributed by atoms with Gasteiger partial charge in [-0.3, -0.25) is 4.79 Å². The summed E-state index contributed by atoms with van der Waals surface area (Å²) in [5.74, 6) is 1.81. The number of carbonyl (C=O) groups is 1. The summed E-state index contributed by atoms with van der Waals surface area (Å²) in [5, 5.41) is 0. The van der Waals surface area contributed by atoms with Crippen molar-refractivity contribution in [1.82, 2.24) is 19.0 Å². The second-order valence-electron chi connectivity index (χ2n) is 8.34. The molecule has 28 heavy (non-hydrogen) atoms. The van der Waals surface area contributed by atoms with Gasteiger partial charge in [-0.15, -0.1) is 0 Å². The molecule has 0 bridgehead atoms. The van der Waals surface area contributed by atoms with Gasteiger partial charge in [0.2, 0.25) is 0 Å². The number of piperidine rings is 1. The Bertz CT molecular complexity index is 1030. The third kappa shape index (κ3) is 3.11. The maximum atomic E-state index is 12.9. The van der Waals surface area contributed by atoms with Crippen molar-refractivity contribution in [2.75, 3.05) is 13.1 Å². The largest absolute Gasteiger partial charge is 0.345 e. The number of hydrogen-bond donors (Lipinski definition) is 1. The lowest BCUT2D eigenvalue weighted by atomic mass is 10.1. The van der Waals surface area contributed by atoms with Crippen molar-refractivity contribution in [3.05, 3.63) is 42.1 Å². The average molecular weight is 377 g/mol. The Morgan fingerprint density at radius 3 is 2.89 bits per heavy atom. The molecule has 1 aliphatic heterocycles. The predicted molar refractivity (Wildman–Crippen MR) is 110 cm³/mol. The lowest BCUT2D eigenvalue weighted by Gasteiger charge is -2.30. The zero-order chi connectivity index (χ0) is 19.3. The van der Waals surface area contributed by atoms with E-state index in [1.165, 1.54) is 12.8 Å². The number of imidazole rings is 1. The molecule has 1 atom stereocenters. The van der Waals surface area contributed by atoms with Gasteiger partial charge < -0.3 is 19.8 Å². The van der Waals surface area contributed by atoms with Gasteiger partial charge >= 0.3 is 0 Å². The number of likely N-dealkylation sites (tertiary alicyclic amines) is 1. The summed E-state index contributed by atoms with van der Waals surface area (Å²) in [5.41, 5.74) is 9.79. The number of rotatable bonds is 4. The molecule has 2 fully saturated rings. The lowest BCUT2D eigenvalue weighted by Crippen LogP contribution is -2.45. The minimum Gasteiger partial charge on any atom is -0.345 e. The van der Waals surface area contributed by atoms with Crippen molar-refractivity contribution in [2.45, 2.75) is 38.3 Å². The van der Waals surface area contributed by atoms with Gasteiger partial charge in [0, 0.05) is 44.5 Å². The monoisotopic (exact) mass is 377 g/mol. The van der Waals surface area contributed by atoms with Crippen molar-refractivity contribution < 1.29 is 4.79 Å². The van der Waals surface area contributed by atoms with Crippen LogP contribution in [0.5, 0.6) is 0 Å². The lowest BCUT2D eigenvalue weighted by molar-refractivity contribution is 0.0709. The first-order valence-corrected chi connectivity index (χ1v) is 10.3. The van der Waals surface area contributed by atoms with E-state index in [0.717, 1.165) is 54.4 Å². The minimum atomic E-state index is 0.0568. The van der Waals surface area contributed by atoms with Gasteiger partial charge in [-0.1, -0.05) is 0 Å². The van der Waals surface area contributed by atoms with Crippen LogP contribution in [0, 0.1) is 5.92 Å². The second-order valence-corrected chi connectivity index (χ2v) is 8.34. The Labute approximate surface area is 164 Å². The van der Waals surface area contributed by atoms with E-state index in [1.807, 2.05) is 30.1 Å². The Morgan fingerprint density at radius 2 is 2.11 bits per heavy atom. The Kier molecular flexibility index (Phi) is 4.23. The Morgan fingerprint density at radius 1 is 1.25 bits per heavy atom. The first-order chi connectivity index (χ1) is 13.6. The molecule has 2 aliphatic rings. The van der Waals surface area contributed by atoms with E-state index in [4.69, 9.17) is 10.7 Å². The van der Waals surface area contributed by atoms with E-state index in [1.54, 1.807) is 0 Å². The molecule has 3 heterocycles. The number of aromatic nitrogens is 3. The highest BCUT2D eigenvalue weighted by Crippen LogP contribution is 2.33. The molecule has 0 spiro atoms. The van der Waals surface area contributed by atoms with Crippen molar-refractivity contribution in [2.24, 2.45) is 18.7 Å². The number of aryl methyl sites for hydroxylation is 1. The van der Waals surface area contributed by atoms with Crippen molar-refractivity contribution >= 4 is 16.9 Å². The summed E-state index contributed by atoms with van der Waals surface area (Å²) < 4.78 is 4.43. The van der Waals surface area contributed by atoms with Crippen LogP contribution in [-0.4, -0.2) is 44.1 Å². The average Bonchev–Trinajstić information content (AvgIpc) is 3.30. The minimum absolute atomic E-state index is 0.0568. The van der Waals surface area contributed by atoms with E-state index in [-0.39, 0.29) is 11.9 Å². The van der Waals surface area contributed by atoms with Crippen LogP contribution in [0.15, 0.2) is 36.5 Å². The SMILES string of the molecule is Cn1c(-c2cccn2CC2CC2)nc2cc(C(=O)N3CCC[C@@H](N)C3)ccc21. The molecule has 146 valence electrons. The number of nitrogens with two attached hydrogens (primary N) is 1. The fourth-order valence-electron chi connectivity index (χ4n) is 4.29. The first kappa shape index (κ1) is 17.5. The molecule has 3 aromatic rings. The summed E-state index contributed by atoms with van der Waals surface area (Å²) in [6, 6.07) is 10.2. The second kappa shape index (κ2) is 6.78. The molecular formula is C22H27N5O.